The van der Waals surface area contributed by atoms with Crippen molar-refractivity contribution in [3.8, 4) is 0 Å². The molecule has 1 heterocycles. The van der Waals surface area contributed by atoms with E-state index in [0.29, 0.717) is 11.6 Å². The Morgan fingerprint density at radius 3 is 2.29 bits per heavy atom. The zero-order valence-corrected chi connectivity index (χ0v) is 13.3. The van der Waals surface area contributed by atoms with E-state index in [1.54, 1.807) is 12.1 Å². The second-order valence-corrected chi connectivity index (χ2v) is 6.10. The molecule has 0 aliphatic carbocycles. The van der Waals surface area contributed by atoms with Gasteiger partial charge in [-0.15, -0.1) is 0 Å². The fourth-order valence-electron chi connectivity index (χ4n) is 2.74. The molecule has 1 fully saturated rings. The van der Waals surface area contributed by atoms with Gasteiger partial charge in [0.15, 0.2) is 0 Å². The molecule has 1 N–H and O–H groups in total. The standard InChI is InChI=1S/C17H25NO3/c1-11(2)20-17(19)14-5-7-15(8-6-14)18-16-9-12(3)21-13(4)10-16/h5-8,11-13,16,18H,9-10H2,1-4H3. The van der Waals surface area contributed by atoms with Gasteiger partial charge in [-0.25, -0.2) is 4.79 Å². The lowest BCUT2D eigenvalue weighted by Crippen LogP contribution is -2.36. The summed E-state index contributed by atoms with van der Waals surface area (Å²) in [6.45, 7) is 7.91. The number of carbonyl (C=O) groups excluding carboxylic acids is 1. The van der Waals surface area contributed by atoms with Crippen LogP contribution in [0.4, 0.5) is 5.69 Å². The lowest BCUT2D eigenvalue weighted by atomic mass is 9.99. The second kappa shape index (κ2) is 6.94. The quantitative estimate of drug-likeness (QED) is 0.861. The summed E-state index contributed by atoms with van der Waals surface area (Å²) in [7, 11) is 0. The van der Waals surface area contributed by atoms with Crippen LogP contribution in [0, 0.1) is 0 Å². The molecule has 116 valence electrons. The van der Waals surface area contributed by atoms with Crippen molar-refractivity contribution in [2.24, 2.45) is 0 Å². The van der Waals surface area contributed by atoms with Gasteiger partial charge < -0.3 is 14.8 Å². The molecule has 2 atom stereocenters. The Morgan fingerprint density at radius 2 is 1.76 bits per heavy atom. The number of carbonyl (C=O) groups is 1. The van der Waals surface area contributed by atoms with E-state index >= 15 is 0 Å². The molecule has 0 radical (unpaired) electrons. The molecule has 21 heavy (non-hydrogen) atoms. The Labute approximate surface area is 126 Å². The SMILES string of the molecule is CC(C)OC(=O)c1ccc(NC2CC(C)OC(C)C2)cc1. The van der Waals surface area contributed by atoms with E-state index in [1.807, 2.05) is 26.0 Å². The third-order valence-corrected chi connectivity index (χ3v) is 3.53. The van der Waals surface area contributed by atoms with Crippen LogP contribution in [-0.4, -0.2) is 30.3 Å². The lowest BCUT2D eigenvalue weighted by Gasteiger charge is -2.33. The number of nitrogens with one attached hydrogen (secondary N) is 1. The maximum absolute atomic E-state index is 11.8. The van der Waals surface area contributed by atoms with Crippen LogP contribution in [0.15, 0.2) is 24.3 Å². The van der Waals surface area contributed by atoms with Crippen LogP contribution in [0.3, 0.4) is 0 Å². The van der Waals surface area contributed by atoms with Crippen molar-refractivity contribution in [3.63, 3.8) is 0 Å². The van der Waals surface area contributed by atoms with Gasteiger partial charge in [-0.1, -0.05) is 0 Å². The molecule has 0 amide bonds. The van der Waals surface area contributed by atoms with Gasteiger partial charge in [-0.2, -0.15) is 0 Å². The van der Waals surface area contributed by atoms with E-state index in [-0.39, 0.29) is 24.3 Å². The summed E-state index contributed by atoms with van der Waals surface area (Å²) < 4.78 is 10.9. The van der Waals surface area contributed by atoms with Crippen LogP contribution >= 0.6 is 0 Å². The van der Waals surface area contributed by atoms with Gasteiger partial charge in [0.2, 0.25) is 0 Å². The van der Waals surface area contributed by atoms with Gasteiger partial charge >= 0.3 is 5.97 Å². The van der Waals surface area contributed by atoms with Gasteiger partial charge in [0, 0.05) is 11.7 Å². The van der Waals surface area contributed by atoms with Gasteiger partial charge in [-0.05, 0) is 64.8 Å². The molecule has 1 aromatic rings. The molecule has 0 aromatic heterocycles. The van der Waals surface area contributed by atoms with Crippen molar-refractivity contribution < 1.29 is 14.3 Å². The van der Waals surface area contributed by atoms with Crippen LogP contribution in [0.1, 0.15) is 50.9 Å². The lowest BCUT2D eigenvalue weighted by molar-refractivity contribution is -0.0337. The molecular formula is C17H25NO3. The molecule has 1 saturated heterocycles. The zero-order chi connectivity index (χ0) is 15.4. The number of esters is 1. The van der Waals surface area contributed by atoms with Gasteiger partial charge in [0.05, 0.1) is 23.9 Å². The monoisotopic (exact) mass is 291 g/mol. The first kappa shape index (κ1) is 15.8. The minimum atomic E-state index is -0.273. The number of rotatable bonds is 4. The van der Waals surface area contributed by atoms with E-state index in [9.17, 15) is 4.79 Å². The highest BCUT2D eigenvalue weighted by molar-refractivity contribution is 5.89. The number of anilines is 1. The zero-order valence-electron chi connectivity index (χ0n) is 13.3. The summed E-state index contributed by atoms with van der Waals surface area (Å²) in [5, 5.41) is 3.52. The first-order valence-corrected chi connectivity index (χ1v) is 7.67. The number of benzene rings is 1. The van der Waals surface area contributed by atoms with Crippen LogP contribution < -0.4 is 5.32 Å². The van der Waals surface area contributed by atoms with Crippen molar-refractivity contribution in [1.82, 2.24) is 0 Å². The van der Waals surface area contributed by atoms with Gasteiger partial charge in [-0.3, -0.25) is 0 Å². The summed E-state index contributed by atoms with van der Waals surface area (Å²) >= 11 is 0. The van der Waals surface area contributed by atoms with Crippen molar-refractivity contribution in [1.29, 1.82) is 0 Å². The summed E-state index contributed by atoms with van der Waals surface area (Å²) in [4.78, 5) is 11.8. The highest BCUT2D eigenvalue weighted by atomic mass is 16.5. The average Bonchev–Trinajstić information content (AvgIpc) is 2.37. The first-order valence-electron chi connectivity index (χ1n) is 7.67. The van der Waals surface area contributed by atoms with Gasteiger partial charge in [0.1, 0.15) is 0 Å². The second-order valence-electron chi connectivity index (χ2n) is 6.10. The fraction of sp³-hybridized carbons (Fsp3) is 0.588. The number of hydrogen-bond donors (Lipinski definition) is 1. The van der Waals surface area contributed by atoms with E-state index in [1.165, 1.54) is 0 Å². The predicted octanol–water partition coefficient (Wildman–Crippen LogP) is 3.62. The molecule has 1 aliphatic heterocycles. The molecule has 1 aromatic carbocycles. The molecule has 4 nitrogen and oxygen atoms in total. The van der Waals surface area contributed by atoms with Crippen LogP contribution in [0.5, 0.6) is 0 Å². The van der Waals surface area contributed by atoms with Crippen molar-refractivity contribution in [3.05, 3.63) is 29.8 Å². The van der Waals surface area contributed by atoms with Crippen molar-refractivity contribution >= 4 is 11.7 Å². The summed E-state index contributed by atoms with van der Waals surface area (Å²) in [6.07, 6.45) is 2.47. The largest absolute Gasteiger partial charge is 0.459 e. The van der Waals surface area contributed by atoms with Gasteiger partial charge in [0.25, 0.3) is 0 Å². The summed E-state index contributed by atoms with van der Waals surface area (Å²) in [5.41, 5.74) is 1.62. The smallest absolute Gasteiger partial charge is 0.338 e. The number of hydrogen-bond acceptors (Lipinski definition) is 4. The Balaban J connectivity index is 1.94. The van der Waals surface area contributed by atoms with Crippen LogP contribution in [-0.2, 0) is 9.47 Å². The molecule has 1 aliphatic rings. The maximum Gasteiger partial charge on any atom is 0.338 e. The molecule has 2 unspecified atom stereocenters. The molecule has 0 spiro atoms. The molecule has 2 rings (SSSR count). The average molecular weight is 291 g/mol. The third kappa shape index (κ3) is 4.74. The summed E-state index contributed by atoms with van der Waals surface area (Å²) in [6, 6.07) is 7.89. The maximum atomic E-state index is 11.8. The summed E-state index contributed by atoms with van der Waals surface area (Å²) in [5.74, 6) is -0.273. The molecule has 0 bridgehead atoms. The van der Waals surface area contributed by atoms with Crippen LogP contribution in [0.25, 0.3) is 0 Å². The van der Waals surface area contributed by atoms with Crippen molar-refractivity contribution in [2.45, 2.75) is 64.9 Å². The number of ether oxygens (including phenoxy) is 2. The Bertz CT molecular complexity index is 459. The molecular weight excluding hydrogens is 266 g/mol. The minimum absolute atomic E-state index is 0.0967. The Kier molecular flexibility index (Phi) is 5.23. The molecule has 0 saturated carbocycles. The van der Waals surface area contributed by atoms with E-state index in [0.717, 1.165) is 18.5 Å². The predicted molar refractivity (Wildman–Crippen MR) is 83.6 cm³/mol. The van der Waals surface area contributed by atoms with Crippen molar-refractivity contribution in [2.75, 3.05) is 5.32 Å². The normalized spacial score (nSPS) is 25.7. The van der Waals surface area contributed by atoms with E-state index < -0.39 is 0 Å². The Hall–Kier alpha value is -1.55. The molecule has 4 heteroatoms. The fourth-order valence-corrected chi connectivity index (χ4v) is 2.74. The van der Waals surface area contributed by atoms with E-state index in [2.05, 4.69) is 19.2 Å². The minimum Gasteiger partial charge on any atom is -0.459 e. The third-order valence-electron chi connectivity index (χ3n) is 3.53. The highest BCUT2D eigenvalue weighted by Crippen LogP contribution is 2.23. The Morgan fingerprint density at radius 1 is 1.19 bits per heavy atom. The van der Waals surface area contributed by atoms with E-state index in [4.69, 9.17) is 9.47 Å². The first-order chi connectivity index (χ1) is 9.94. The van der Waals surface area contributed by atoms with Crippen LogP contribution in [0.2, 0.25) is 0 Å². The topological polar surface area (TPSA) is 47.6 Å². The highest BCUT2D eigenvalue weighted by Gasteiger charge is 2.24.